The molecule has 0 saturated carbocycles. The molecule has 2 heterocycles. The second-order valence-electron chi connectivity index (χ2n) is 12.2. The highest BCUT2D eigenvalue weighted by atomic mass is 32.2. The molecule has 0 unspecified atom stereocenters. The van der Waals surface area contributed by atoms with Crippen LogP contribution in [0.2, 0.25) is 0 Å². The van der Waals surface area contributed by atoms with Gasteiger partial charge in [0, 0.05) is 23.6 Å². The number of likely N-dealkylation sites (N-methyl/N-ethyl adjacent to an activating group) is 1. The van der Waals surface area contributed by atoms with Crippen LogP contribution in [0.15, 0.2) is 82.7 Å². The second kappa shape index (κ2) is 16.5. The Kier molecular flexibility index (Phi) is 11.7. The van der Waals surface area contributed by atoms with Crippen LogP contribution in [-0.2, 0) is 49.7 Å². The van der Waals surface area contributed by atoms with E-state index in [1.54, 1.807) is 12.1 Å². The quantitative estimate of drug-likeness (QED) is 0.0640. The summed E-state index contributed by atoms with van der Waals surface area (Å²) in [6.07, 6.45) is 2.41. The Morgan fingerprint density at radius 3 is 2.14 bits per heavy atom. The highest BCUT2D eigenvalue weighted by Crippen LogP contribution is 2.28. The molecule has 0 bridgehead atoms. The van der Waals surface area contributed by atoms with E-state index in [1.807, 2.05) is 24.3 Å². The normalized spacial score (nSPS) is 12.6. The van der Waals surface area contributed by atoms with E-state index in [0.29, 0.717) is 49.2 Å². The lowest BCUT2D eigenvalue weighted by atomic mass is 10.0. The van der Waals surface area contributed by atoms with Gasteiger partial charge in [0.15, 0.2) is 16.8 Å². The molecule has 5 aromatic rings. The second-order valence-corrected chi connectivity index (χ2v) is 13.1. The van der Waals surface area contributed by atoms with E-state index in [-0.39, 0.29) is 11.4 Å². The maximum absolute atomic E-state index is 13.5. The Hall–Kier alpha value is -4.19. The Morgan fingerprint density at radius 2 is 1.47 bits per heavy atom. The number of nitrogens with zero attached hydrogens (tertiary/aromatic N) is 6. The molecule has 1 aliphatic carbocycles. The summed E-state index contributed by atoms with van der Waals surface area (Å²) in [7, 11) is 0. The minimum Gasteiger partial charge on any atom is -0.372 e. The molecule has 0 saturated heterocycles. The van der Waals surface area contributed by atoms with Crippen LogP contribution in [0.5, 0.6) is 0 Å². The summed E-state index contributed by atoms with van der Waals surface area (Å²) in [5.74, 6) is 1.74. The molecule has 0 atom stereocenters. The number of rotatable bonds is 16. The van der Waals surface area contributed by atoms with E-state index in [0.717, 1.165) is 77.6 Å². The molecule has 0 N–H and O–H groups in total. The van der Waals surface area contributed by atoms with E-state index in [9.17, 15) is 13.6 Å². The number of hydrogen-bond acceptors (Lipinski definition) is 7. The van der Waals surface area contributed by atoms with Crippen molar-refractivity contribution in [3.63, 3.8) is 0 Å². The lowest BCUT2D eigenvalue weighted by Gasteiger charge is -2.19. The standard InChI is InChI=1S/C38H42F2N6O2S/c1-3-44(4-2)20-21-48-25-36-43-42-35(46(36)23-28-10-16-31(17-11-28)30-14-8-27(22-39)9-15-30)24-45-34-7-5-6-33(34)37(47)41-38(45)49-26-29-12-18-32(40)19-13-29/h8-19H,3-7,20-26H2,1-2H3. The van der Waals surface area contributed by atoms with Gasteiger partial charge >= 0.3 is 0 Å². The molecule has 11 heteroatoms. The predicted molar refractivity (Wildman–Crippen MR) is 189 cm³/mol. The lowest BCUT2D eigenvalue weighted by molar-refractivity contribution is 0.0894. The summed E-state index contributed by atoms with van der Waals surface area (Å²) < 4.78 is 36.9. The van der Waals surface area contributed by atoms with Gasteiger partial charge in [-0.1, -0.05) is 86.3 Å². The number of fused-ring (bicyclic) bond motifs is 1. The Balaban J connectivity index is 1.28. The number of thioether (sulfide) groups is 1. The number of alkyl halides is 1. The average molecular weight is 685 g/mol. The first-order valence-corrected chi connectivity index (χ1v) is 17.9. The van der Waals surface area contributed by atoms with Crippen LogP contribution in [0.1, 0.15) is 59.9 Å². The summed E-state index contributed by atoms with van der Waals surface area (Å²) in [5.41, 5.74) is 6.35. The minimum absolute atomic E-state index is 0.173. The fraction of sp³-hybridized carbons (Fsp3) is 0.368. The van der Waals surface area contributed by atoms with Gasteiger partial charge in [0.1, 0.15) is 19.1 Å². The number of ether oxygens (including phenoxy) is 1. The van der Waals surface area contributed by atoms with Crippen molar-refractivity contribution in [3.8, 4) is 11.1 Å². The monoisotopic (exact) mass is 684 g/mol. The SMILES string of the molecule is CCN(CC)CCOCc1nnc(Cn2c(SCc3ccc(F)cc3)nc(=O)c3c2CCC3)n1Cc1ccc(-c2ccc(CF)cc2)cc1. The maximum atomic E-state index is 13.5. The van der Waals surface area contributed by atoms with E-state index < -0.39 is 6.67 Å². The largest absolute Gasteiger partial charge is 0.372 e. The van der Waals surface area contributed by atoms with Gasteiger partial charge in [0.25, 0.3) is 5.56 Å². The average Bonchev–Trinajstić information content (AvgIpc) is 3.78. The first-order chi connectivity index (χ1) is 23.9. The third-order valence-corrected chi connectivity index (χ3v) is 10.1. The number of aromatic nitrogens is 5. The van der Waals surface area contributed by atoms with E-state index >= 15 is 0 Å². The van der Waals surface area contributed by atoms with Gasteiger partial charge in [-0.05, 0) is 72.3 Å². The number of halogens is 2. The molecule has 1 aliphatic rings. The van der Waals surface area contributed by atoms with Crippen molar-refractivity contribution in [3.05, 3.63) is 129 Å². The van der Waals surface area contributed by atoms with Crippen molar-refractivity contribution in [1.29, 1.82) is 0 Å². The molecule has 0 amide bonds. The maximum Gasteiger partial charge on any atom is 0.277 e. The zero-order valence-electron chi connectivity index (χ0n) is 28.1. The highest BCUT2D eigenvalue weighted by molar-refractivity contribution is 7.98. The van der Waals surface area contributed by atoms with Crippen molar-refractivity contribution in [1.82, 2.24) is 29.2 Å². The third kappa shape index (κ3) is 8.52. The van der Waals surface area contributed by atoms with E-state index in [2.05, 4.69) is 67.3 Å². The molecule has 3 aromatic carbocycles. The lowest BCUT2D eigenvalue weighted by Crippen LogP contribution is -2.27. The molecular weight excluding hydrogens is 643 g/mol. The van der Waals surface area contributed by atoms with Gasteiger partial charge in [-0.2, -0.15) is 4.98 Å². The highest BCUT2D eigenvalue weighted by Gasteiger charge is 2.24. The molecule has 256 valence electrons. The van der Waals surface area contributed by atoms with Crippen LogP contribution in [-0.4, -0.2) is 55.5 Å². The topological polar surface area (TPSA) is 78.1 Å². The van der Waals surface area contributed by atoms with Gasteiger partial charge in [-0.3, -0.25) is 4.79 Å². The predicted octanol–water partition coefficient (Wildman–Crippen LogP) is 6.85. The summed E-state index contributed by atoms with van der Waals surface area (Å²) in [6, 6.07) is 22.3. The zero-order valence-corrected chi connectivity index (χ0v) is 28.9. The number of benzene rings is 3. The fourth-order valence-electron chi connectivity index (χ4n) is 6.18. The smallest absolute Gasteiger partial charge is 0.277 e. The third-order valence-electron chi connectivity index (χ3n) is 9.10. The van der Waals surface area contributed by atoms with Crippen molar-refractivity contribution in [2.75, 3.05) is 26.2 Å². The molecule has 2 aromatic heterocycles. The molecule has 0 fully saturated rings. The van der Waals surface area contributed by atoms with E-state index in [4.69, 9.17) is 4.74 Å². The van der Waals surface area contributed by atoms with Gasteiger partial charge in [-0.15, -0.1) is 10.2 Å². The molecular formula is C38H42F2N6O2S. The van der Waals surface area contributed by atoms with Crippen molar-refractivity contribution < 1.29 is 13.5 Å². The molecule has 8 nitrogen and oxygen atoms in total. The fourth-order valence-corrected chi connectivity index (χ4v) is 7.14. The summed E-state index contributed by atoms with van der Waals surface area (Å²) in [6.45, 7) is 8.42. The van der Waals surface area contributed by atoms with Gasteiger partial charge < -0.3 is 18.8 Å². The molecule has 49 heavy (non-hydrogen) atoms. The first kappa shape index (κ1) is 34.7. The summed E-state index contributed by atoms with van der Waals surface area (Å²) in [4.78, 5) is 19.9. The van der Waals surface area contributed by atoms with Crippen LogP contribution in [0.3, 0.4) is 0 Å². The Labute approximate surface area is 290 Å². The van der Waals surface area contributed by atoms with Crippen LogP contribution in [0.4, 0.5) is 8.78 Å². The Bertz CT molecular complexity index is 1890. The van der Waals surface area contributed by atoms with Crippen LogP contribution in [0, 0.1) is 5.82 Å². The van der Waals surface area contributed by atoms with Crippen LogP contribution in [0.25, 0.3) is 11.1 Å². The summed E-state index contributed by atoms with van der Waals surface area (Å²) >= 11 is 1.47. The van der Waals surface area contributed by atoms with Crippen molar-refractivity contribution in [2.24, 2.45) is 0 Å². The molecule has 6 rings (SSSR count). The molecule has 0 radical (unpaired) electrons. The van der Waals surface area contributed by atoms with Crippen molar-refractivity contribution >= 4 is 11.8 Å². The van der Waals surface area contributed by atoms with Gasteiger partial charge in [-0.25, -0.2) is 8.78 Å². The minimum atomic E-state index is -0.478. The zero-order chi connectivity index (χ0) is 34.2. The summed E-state index contributed by atoms with van der Waals surface area (Å²) in [5, 5.41) is 9.88. The van der Waals surface area contributed by atoms with E-state index in [1.165, 1.54) is 23.9 Å². The van der Waals surface area contributed by atoms with Gasteiger partial charge in [0.2, 0.25) is 0 Å². The van der Waals surface area contributed by atoms with Crippen LogP contribution >= 0.6 is 11.8 Å². The number of hydrogen-bond donors (Lipinski definition) is 0. The Morgan fingerprint density at radius 1 is 0.816 bits per heavy atom. The molecule has 0 aliphatic heterocycles. The first-order valence-electron chi connectivity index (χ1n) is 16.9. The van der Waals surface area contributed by atoms with Crippen LogP contribution < -0.4 is 5.56 Å². The van der Waals surface area contributed by atoms with Crippen molar-refractivity contribution in [2.45, 2.75) is 70.4 Å². The molecule has 0 spiro atoms. The van der Waals surface area contributed by atoms with Gasteiger partial charge in [0.05, 0.1) is 19.7 Å².